The summed E-state index contributed by atoms with van der Waals surface area (Å²) in [6, 6.07) is 16.3. The lowest BCUT2D eigenvalue weighted by molar-refractivity contribution is 0.182. The van der Waals surface area contributed by atoms with Crippen molar-refractivity contribution < 1.29 is 4.74 Å². The number of aromatic nitrogens is 7. The van der Waals surface area contributed by atoms with Gasteiger partial charge in [0.1, 0.15) is 0 Å². The van der Waals surface area contributed by atoms with Gasteiger partial charge in [-0.2, -0.15) is 10.2 Å². The molecule has 4 aromatic heterocycles. The van der Waals surface area contributed by atoms with Crippen LogP contribution in [0.2, 0.25) is 0 Å². The highest BCUT2D eigenvalue weighted by molar-refractivity contribution is 6.04. The van der Waals surface area contributed by atoms with Gasteiger partial charge in [0.2, 0.25) is 0 Å². The van der Waals surface area contributed by atoms with Crippen molar-refractivity contribution in [2.45, 2.75) is 20.4 Å². The van der Waals surface area contributed by atoms with Crippen molar-refractivity contribution in [1.82, 2.24) is 33.7 Å². The minimum atomic E-state index is -0.129. The van der Waals surface area contributed by atoms with E-state index >= 15 is 0 Å². The maximum atomic E-state index is 13.6. The van der Waals surface area contributed by atoms with Crippen LogP contribution in [0.25, 0.3) is 44.4 Å². The molecule has 0 amide bonds. The Labute approximate surface area is 213 Å². The molecule has 0 N–H and O–H groups in total. The second-order valence-corrected chi connectivity index (χ2v) is 9.13. The molecule has 0 aliphatic carbocycles. The van der Waals surface area contributed by atoms with Crippen molar-refractivity contribution in [2.75, 3.05) is 13.7 Å². The third-order valence-electron chi connectivity index (χ3n) is 6.93. The summed E-state index contributed by atoms with van der Waals surface area (Å²) in [5.41, 5.74) is 7.90. The van der Waals surface area contributed by atoms with Crippen LogP contribution in [0, 0.1) is 13.8 Å². The first-order chi connectivity index (χ1) is 18.0. The van der Waals surface area contributed by atoms with Gasteiger partial charge in [0.05, 0.1) is 58.7 Å². The molecule has 0 radical (unpaired) electrons. The van der Waals surface area contributed by atoms with E-state index in [2.05, 4.69) is 34.3 Å². The Bertz CT molecular complexity index is 1810. The van der Waals surface area contributed by atoms with E-state index in [9.17, 15) is 4.79 Å². The standard InChI is InChI=1S/C28H27N7O2/c1-18-26(19(2)33(31-18)14-15-37-4)35-27-23-16-21(8-11-24(23)29-17-25(27)32(3)28(35)36)20-6-9-22(10-7-20)34-13-5-12-30-34/h5-13,16-17H,14-15H2,1-4H3. The zero-order valence-electron chi connectivity index (χ0n) is 21.2. The molecule has 186 valence electrons. The van der Waals surface area contributed by atoms with Gasteiger partial charge < -0.3 is 4.74 Å². The molecule has 9 heteroatoms. The highest BCUT2D eigenvalue weighted by Gasteiger charge is 2.22. The molecule has 0 saturated carbocycles. The van der Waals surface area contributed by atoms with Crippen molar-refractivity contribution in [2.24, 2.45) is 7.05 Å². The summed E-state index contributed by atoms with van der Waals surface area (Å²) in [5, 5.41) is 9.92. The second kappa shape index (κ2) is 8.86. The largest absolute Gasteiger partial charge is 0.383 e. The van der Waals surface area contributed by atoms with Crippen molar-refractivity contribution in [3.05, 3.63) is 89.0 Å². The molecule has 0 saturated heterocycles. The van der Waals surface area contributed by atoms with Crippen LogP contribution in [0.1, 0.15) is 11.4 Å². The first kappa shape index (κ1) is 22.9. The molecule has 9 nitrogen and oxygen atoms in total. The lowest BCUT2D eigenvalue weighted by Gasteiger charge is -2.10. The van der Waals surface area contributed by atoms with Gasteiger partial charge in [-0.1, -0.05) is 18.2 Å². The smallest absolute Gasteiger partial charge is 0.333 e. The first-order valence-electron chi connectivity index (χ1n) is 12.1. The van der Waals surface area contributed by atoms with Crippen LogP contribution in [0.3, 0.4) is 0 Å². The van der Waals surface area contributed by atoms with Crippen LogP contribution in [-0.4, -0.2) is 47.4 Å². The Balaban J connectivity index is 1.56. The van der Waals surface area contributed by atoms with Gasteiger partial charge in [-0.25, -0.2) is 9.48 Å². The molecule has 0 spiro atoms. The Kier molecular flexibility index (Phi) is 5.49. The van der Waals surface area contributed by atoms with Crippen LogP contribution in [-0.2, 0) is 18.3 Å². The quantitative estimate of drug-likeness (QED) is 0.347. The molecule has 0 aliphatic rings. The molecular weight excluding hydrogens is 466 g/mol. The van der Waals surface area contributed by atoms with Crippen LogP contribution >= 0.6 is 0 Å². The summed E-state index contributed by atoms with van der Waals surface area (Å²) in [4.78, 5) is 18.3. The molecule has 0 unspecified atom stereocenters. The number of benzene rings is 2. The maximum absolute atomic E-state index is 13.6. The molecule has 0 bridgehead atoms. The fourth-order valence-electron chi connectivity index (χ4n) is 5.02. The zero-order valence-corrected chi connectivity index (χ0v) is 21.2. The minimum absolute atomic E-state index is 0.129. The Morgan fingerprint density at radius 1 is 1.03 bits per heavy atom. The predicted octanol–water partition coefficient (Wildman–Crippen LogP) is 4.19. The number of hydrogen-bond acceptors (Lipinski definition) is 5. The SMILES string of the molecule is COCCn1nc(C)c(-n2c(=O)n(C)c3cnc4ccc(-c5ccc(-n6cccn6)cc5)cc4c32)c1C. The van der Waals surface area contributed by atoms with E-state index in [1.54, 1.807) is 35.7 Å². The van der Waals surface area contributed by atoms with E-state index in [-0.39, 0.29) is 5.69 Å². The van der Waals surface area contributed by atoms with E-state index in [0.717, 1.165) is 55.8 Å². The monoisotopic (exact) mass is 493 g/mol. The number of pyridine rings is 1. The molecule has 0 fully saturated rings. The average molecular weight is 494 g/mol. The van der Waals surface area contributed by atoms with Gasteiger partial charge in [0.15, 0.2) is 0 Å². The van der Waals surface area contributed by atoms with Crippen molar-refractivity contribution in [3.8, 4) is 22.5 Å². The zero-order chi connectivity index (χ0) is 25.7. The van der Waals surface area contributed by atoms with Gasteiger partial charge in [0.25, 0.3) is 0 Å². The number of ether oxygens (including phenoxy) is 1. The summed E-state index contributed by atoms with van der Waals surface area (Å²) in [7, 11) is 3.45. The van der Waals surface area contributed by atoms with Gasteiger partial charge >= 0.3 is 5.69 Å². The Morgan fingerprint density at radius 2 is 1.81 bits per heavy atom. The Morgan fingerprint density at radius 3 is 2.54 bits per heavy atom. The van der Waals surface area contributed by atoms with Gasteiger partial charge in [-0.15, -0.1) is 0 Å². The summed E-state index contributed by atoms with van der Waals surface area (Å²) in [6.45, 7) is 5.09. The third-order valence-corrected chi connectivity index (χ3v) is 6.93. The molecule has 0 aliphatic heterocycles. The molecule has 6 aromatic rings. The highest BCUT2D eigenvalue weighted by Crippen LogP contribution is 2.31. The minimum Gasteiger partial charge on any atom is -0.383 e. The normalized spacial score (nSPS) is 11.7. The molecule has 6 rings (SSSR count). The number of nitrogens with zero attached hydrogens (tertiary/aromatic N) is 7. The lowest BCUT2D eigenvalue weighted by atomic mass is 10.0. The molecule has 0 atom stereocenters. The molecule has 37 heavy (non-hydrogen) atoms. The van der Waals surface area contributed by atoms with E-state index in [1.165, 1.54) is 0 Å². The number of fused-ring (bicyclic) bond motifs is 3. The lowest BCUT2D eigenvalue weighted by Crippen LogP contribution is -2.22. The number of aryl methyl sites for hydroxylation is 2. The number of methoxy groups -OCH3 is 1. The maximum Gasteiger partial charge on any atom is 0.333 e. The van der Waals surface area contributed by atoms with Gasteiger partial charge in [0, 0.05) is 31.9 Å². The van der Waals surface area contributed by atoms with E-state index in [0.29, 0.717) is 13.2 Å². The van der Waals surface area contributed by atoms with Gasteiger partial charge in [-0.3, -0.25) is 18.8 Å². The fraction of sp³-hybridized carbons (Fsp3) is 0.214. The second-order valence-electron chi connectivity index (χ2n) is 9.13. The average Bonchev–Trinajstić information content (AvgIpc) is 3.61. The summed E-state index contributed by atoms with van der Waals surface area (Å²) >= 11 is 0. The number of imidazole rings is 1. The summed E-state index contributed by atoms with van der Waals surface area (Å²) < 4.78 is 12.4. The van der Waals surface area contributed by atoms with Crippen molar-refractivity contribution in [3.63, 3.8) is 0 Å². The predicted molar refractivity (Wildman–Crippen MR) is 144 cm³/mol. The van der Waals surface area contributed by atoms with Crippen LogP contribution in [0.15, 0.2) is 71.9 Å². The van der Waals surface area contributed by atoms with Crippen molar-refractivity contribution in [1.29, 1.82) is 0 Å². The van der Waals surface area contributed by atoms with E-state index in [1.807, 2.05) is 53.7 Å². The fourth-order valence-corrected chi connectivity index (χ4v) is 5.02. The summed E-state index contributed by atoms with van der Waals surface area (Å²) in [5.74, 6) is 0. The summed E-state index contributed by atoms with van der Waals surface area (Å²) in [6.07, 6.45) is 5.46. The Hall–Kier alpha value is -4.50. The third kappa shape index (κ3) is 3.66. The van der Waals surface area contributed by atoms with Crippen LogP contribution < -0.4 is 5.69 Å². The van der Waals surface area contributed by atoms with E-state index in [4.69, 9.17) is 9.84 Å². The van der Waals surface area contributed by atoms with Crippen LogP contribution in [0.4, 0.5) is 0 Å². The first-order valence-corrected chi connectivity index (χ1v) is 12.1. The van der Waals surface area contributed by atoms with Crippen molar-refractivity contribution >= 4 is 21.9 Å². The molecular formula is C28H27N7O2. The molecule has 4 heterocycles. The van der Waals surface area contributed by atoms with E-state index < -0.39 is 0 Å². The topological polar surface area (TPSA) is 84.7 Å². The highest BCUT2D eigenvalue weighted by atomic mass is 16.5. The van der Waals surface area contributed by atoms with Gasteiger partial charge in [-0.05, 0) is 55.3 Å². The number of hydrogen-bond donors (Lipinski definition) is 0. The number of rotatable bonds is 6. The molecule has 2 aromatic carbocycles. The van der Waals surface area contributed by atoms with Crippen LogP contribution in [0.5, 0.6) is 0 Å².